The van der Waals surface area contributed by atoms with Gasteiger partial charge in [0.2, 0.25) is 0 Å². The van der Waals surface area contributed by atoms with E-state index in [4.69, 9.17) is 0 Å². The van der Waals surface area contributed by atoms with Gasteiger partial charge in [-0.15, -0.1) is 0 Å². The number of anilines is 1. The maximum absolute atomic E-state index is 10.1. The van der Waals surface area contributed by atoms with Crippen LogP contribution in [0.5, 0.6) is 0 Å². The first-order valence-electron chi connectivity index (χ1n) is 11.1. The van der Waals surface area contributed by atoms with Gasteiger partial charge in [-0.2, -0.15) is 0 Å². The Morgan fingerprint density at radius 3 is 2.63 bits per heavy atom. The molecule has 4 heteroatoms. The first-order valence-corrected chi connectivity index (χ1v) is 11.1. The Balaban J connectivity index is 1.58. The average Bonchev–Trinajstić information content (AvgIpc) is 2.91. The molecule has 0 aliphatic carbocycles. The molecular weight excluding hydrogens is 334 g/mol. The summed E-state index contributed by atoms with van der Waals surface area (Å²) >= 11 is 0. The first-order chi connectivity index (χ1) is 13.1. The number of hydrogen-bond donors (Lipinski definition) is 1. The van der Waals surface area contributed by atoms with E-state index in [-0.39, 0.29) is 0 Å². The third kappa shape index (κ3) is 5.68. The van der Waals surface area contributed by atoms with Crippen LogP contribution in [0.3, 0.4) is 0 Å². The average molecular weight is 374 g/mol. The second kappa shape index (κ2) is 9.88. The van der Waals surface area contributed by atoms with Gasteiger partial charge >= 0.3 is 0 Å². The molecule has 0 radical (unpaired) electrons. The number of aliphatic hydroxyl groups excluding tert-OH is 1. The van der Waals surface area contributed by atoms with Crippen molar-refractivity contribution in [3.8, 4) is 0 Å². The van der Waals surface area contributed by atoms with Crippen LogP contribution in [0.4, 0.5) is 5.69 Å². The van der Waals surface area contributed by atoms with Crippen molar-refractivity contribution in [3.63, 3.8) is 0 Å². The van der Waals surface area contributed by atoms with E-state index in [9.17, 15) is 5.11 Å². The Morgan fingerprint density at radius 1 is 1.11 bits per heavy atom. The predicted octanol–water partition coefficient (Wildman–Crippen LogP) is 4.15. The van der Waals surface area contributed by atoms with Crippen molar-refractivity contribution in [2.75, 3.05) is 44.7 Å². The summed E-state index contributed by atoms with van der Waals surface area (Å²) in [6.07, 6.45) is 9.61. The number of pyridine rings is 1. The van der Waals surface area contributed by atoms with Crippen molar-refractivity contribution < 1.29 is 5.11 Å². The number of likely N-dealkylation sites (tertiary alicyclic amines) is 1. The number of piperidine rings is 1. The van der Waals surface area contributed by atoms with E-state index in [1.807, 2.05) is 0 Å². The summed E-state index contributed by atoms with van der Waals surface area (Å²) in [7, 11) is 2.23. The molecule has 27 heavy (non-hydrogen) atoms. The zero-order valence-electron chi connectivity index (χ0n) is 17.6. The lowest BCUT2D eigenvalue weighted by atomic mass is 9.79. The maximum atomic E-state index is 10.1. The van der Waals surface area contributed by atoms with Crippen LogP contribution in [0.15, 0.2) is 18.3 Å². The van der Waals surface area contributed by atoms with Crippen molar-refractivity contribution in [2.24, 2.45) is 17.8 Å². The van der Waals surface area contributed by atoms with Crippen molar-refractivity contribution in [1.29, 1.82) is 0 Å². The zero-order chi connectivity index (χ0) is 19.2. The van der Waals surface area contributed by atoms with Crippen LogP contribution in [-0.2, 0) is 0 Å². The van der Waals surface area contributed by atoms with Gasteiger partial charge in [-0.3, -0.25) is 4.98 Å². The van der Waals surface area contributed by atoms with Gasteiger partial charge < -0.3 is 14.9 Å². The van der Waals surface area contributed by atoms with Gasteiger partial charge in [-0.05, 0) is 94.5 Å². The summed E-state index contributed by atoms with van der Waals surface area (Å²) in [5.41, 5.74) is 2.44. The van der Waals surface area contributed by atoms with Gasteiger partial charge in [0.25, 0.3) is 0 Å². The summed E-state index contributed by atoms with van der Waals surface area (Å²) in [6.45, 7) is 9.40. The molecule has 0 amide bonds. The normalized spacial score (nSPS) is 26.2. The lowest BCUT2D eigenvalue weighted by molar-refractivity contribution is 0.134. The Hall–Kier alpha value is -1.13. The topological polar surface area (TPSA) is 39.6 Å². The minimum atomic E-state index is 0.357. The molecule has 4 nitrogen and oxygen atoms in total. The number of rotatable bonds is 6. The fourth-order valence-electron chi connectivity index (χ4n) is 5.00. The van der Waals surface area contributed by atoms with Crippen molar-refractivity contribution in [3.05, 3.63) is 24.0 Å². The maximum Gasteiger partial charge on any atom is 0.0553 e. The summed E-state index contributed by atoms with van der Waals surface area (Å²) in [6, 6.07) is 4.43. The molecule has 3 atom stereocenters. The fraction of sp³-hybridized carbons (Fsp3) is 0.783. The van der Waals surface area contributed by atoms with E-state index in [1.54, 1.807) is 0 Å². The SMILES string of the molecule is CC(C)c1ccc(N2CCCC(CC(CO)C3CCCN(C)CC3)C2)cn1. The molecule has 2 fully saturated rings. The number of aromatic nitrogens is 1. The monoisotopic (exact) mass is 373 g/mol. The number of aliphatic hydroxyl groups is 1. The van der Waals surface area contributed by atoms with Crippen LogP contribution in [0.2, 0.25) is 0 Å². The predicted molar refractivity (Wildman–Crippen MR) is 113 cm³/mol. The highest BCUT2D eigenvalue weighted by molar-refractivity contribution is 5.45. The summed E-state index contributed by atoms with van der Waals surface area (Å²) in [5, 5.41) is 10.1. The third-order valence-corrected chi connectivity index (χ3v) is 6.78. The van der Waals surface area contributed by atoms with Crippen molar-refractivity contribution >= 4 is 5.69 Å². The number of hydrogen-bond acceptors (Lipinski definition) is 4. The van der Waals surface area contributed by atoms with E-state index in [2.05, 4.69) is 54.0 Å². The molecule has 0 saturated carbocycles. The van der Waals surface area contributed by atoms with E-state index >= 15 is 0 Å². The second-order valence-corrected chi connectivity index (χ2v) is 9.22. The summed E-state index contributed by atoms with van der Waals surface area (Å²) in [5.74, 6) is 2.35. The van der Waals surface area contributed by atoms with E-state index in [0.717, 1.165) is 13.1 Å². The minimum absolute atomic E-state index is 0.357. The van der Waals surface area contributed by atoms with Crippen LogP contribution < -0.4 is 4.90 Å². The molecular formula is C23H39N3O. The molecule has 2 saturated heterocycles. The van der Waals surface area contributed by atoms with Crippen molar-refractivity contribution in [2.45, 2.75) is 58.3 Å². The van der Waals surface area contributed by atoms with Crippen LogP contribution in [0.1, 0.15) is 64.0 Å². The Morgan fingerprint density at radius 2 is 1.93 bits per heavy atom. The highest BCUT2D eigenvalue weighted by atomic mass is 16.3. The van der Waals surface area contributed by atoms with Crippen molar-refractivity contribution in [1.82, 2.24) is 9.88 Å². The standard InChI is InChI=1S/C23H39N3O/c1-18(2)23-9-8-22(15-24-23)26-12-4-6-19(16-26)14-21(17-27)20-7-5-11-25(3)13-10-20/h8-9,15,18-21,27H,4-7,10-14,16-17H2,1-3H3. The first kappa shape index (κ1) is 20.6. The molecule has 2 aliphatic heterocycles. The minimum Gasteiger partial charge on any atom is -0.396 e. The summed E-state index contributed by atoms with van der Waals surface area (Å²) < 4.78 is 0. The Labute approximate surface area is 166 Å². The van der Waals surface area contributed by atoms with Gasteiger partial charge in [-0.25, -0.2) is 0 Å². The molecule has 1 N–H and O–H groups in total. The molecule has 0 bridgehead atoms. The lowest BCUT2D eigenvalue weighted by Gasteiger charge is -2.37. The highest BCUT2D eigenvalue weighted by Crippen LogP contribution is 2.33. The fourth-order valence-corrected chi connectivity index (χ4v) is 5.00. The van der Waals surface area contributed by atoms with Gasteiger partial charge in [0, 0.05) is 25.4 Å². The molecule has 2 aliphatic rings. The molecule has 3 heterocycles. The molecule has 0 spiro atoms. The van der Waals surface area contributed by atoms with E-state index in [1.165, 1.54) is 63.0 Å². The number of nitrogens with zero attached hydrogens (tertiary/aromatic N) is 3. The molecule has 3 rings (SSSR count). The van der Waals surface area contributed by atoms with Gasteiger partial charge in [0.15, 0.2) is 0 Å². The molecule has 1 aromatic heterocycles. The smallest absolute Gasteiger partial charge is 0.0553 e. The third-order valence-electron chi connectivity index (χ3n) is 6.78. The molecule has 0 aromatic carbocycles. The second-order valence-electron chi connectivity index (χ2n) is 9.22. The Bertz CT molecular complexity index is 559. The van der Waals surface area contributed by atoms with E-state index < -0.39 is 0 Å². The molecule has 1 aromatic rings. The van der Waals surface area contributed by atoms with Crippen LogP contribution in [0, 0.1) is 17.8 Å². The Kier molecular flexibility index (Phi) is 7.54. The molecule has 152 valence electrons. The largest absolute Gasteiger partial charge is 0.396 e. The van der Waals surface area contributed by atoms with Crippen LogP contribution in [-0.4, -0.2) is 54.8 Å². The van der Waals surface area contributed by atoms with Gasteiger partial charge in [-0.1, -0.05) is 13.8 Å². The van der Waals surface area contributed by atoms with Crippen LogP contribution >= 0.6 is 0 Å². The zero-order valence-corrected chi connectivity index (χ0v) is 17.6. The highest BCUT2D eigenvalue weighted by Gasteiger charge is 2.28. The molecule has 3 unspecified atom stereocenters. The van der Waals surface area contributed by atoms with Gasteiger partial charge in [0.1, 0.15) is 0 Å². The lowest BCUT2D eigenvalue weighted by Crippen LogP contribution is -2.37. The quantitative estimate of drug-likeness (QED) is 0.813. The van der Waals surface area contributed by atoms with Crippen LogP contribution in [0.25, 0.3) is 0 Å². The van der Waals surface area contributed by atoms with Gasteiger partial charge in [0.05, 0.1) is 11.9 Å². The summed E-state index contributed by atoms with van der Waals surface area (Å²) in [4.78, 5) is 9.62. The van der Waals surface area contributed by atoms with E-state index in [0.29, 0.717) is 30.3 Å².